The summed E-state index contributed by atoms with van der Waals surface area (Å²) in [5.41, 5.74) is 0. The van der Waals surface area contributed by atoms with Crippen LogP contribution in [0.15, 0.2) is 0 Å². The number of aryl methyl sites for hydroxylation is 1. The van der Waals surface area contributed by atoms with Crippen molar-refractivity contribution in [3.05, 3.63) is 5.82 Å². The minimum absolute atomic E-state index is 0.588. The predicted molar refractivity (Wildman–Crippen MR) is 82.0 cm³/mol. The molecule has 1 aromatic rings. The van der Waals surface area contributed by atoms with Gasteiger partial charge < -0.3 is 10.2 Å². The highest BCUT2D eigenvalue weighted by Crippen LogP contribution is 2.26. The molecule has 0 amide bonds. The predicted octanol–water partition coefficient (Wildman–Crippen LogP) is 2.71. The molecule has 0 aliphatic carbocycles. The molecule has 2 heterocycles. The van der Waals surface area contributed by atoms with Crippen molar-refractivity contribution in [1.29, 1.82) is 0 Å². The van der Waals surface area contributed by atoms with E-state index < -0.39 is 0 Å². The van der Waals surface area contributed by atoms with E-state index in [0.717, 1.165) is 37.0 Å². The van der Waals surface area contributed by atoms with Gasteiger partial charge in [-0.25, -0.2) is 4.98 Å². The third-order valence-electron chi connectivity index (χ3n) is 3.58. The van der Waals surface area contributed by atoms with Crippen LogP contribution >= 0.6 is 11.5 Å². The van der Waals surface area contributed by atoms with Crippen LogP contribution in [0.1, 0.15) is 45.9 Å². The number of rotatable bonds is 6. The van der Waals surface area contributed by atoms with Gasteiger partial charge in [0.2, 0.25) is 5.13 Å². The lowest BCUT2D eigenvalue weighted by molar-refractivity contribution is 0.422. The second-order valence-electron chi connectivity index (χ2n) is 5.74. The van der Waals surface area contributed by atoms with E-state index in [2.05, 4.69) is 40.3 Å². The highest BCUT2D eigenvalue weighted by molar-refractivity contribution is 7.09. The van der Waals surface area contributed by atoms with Gasteiger partial charge in [0, 0.05) is 37.1 Å². The summed E-state index contributed by atoms with van der Waals surface area (Å²) < 4.78 is 4.42. The third kappa shape index (κ3) is 4.14. The van der Waals surface area contributed by atoms with Crippen LogP contribution in [0, 0.1) is 5.92 Å². The van der Waals surface area contributed by atoms with Crippen molar-refractivity contribution in [3.8, 4) is 0 Å². The number of hydrogen-bond donors (Lipinski definition) is 1. The minimum Gasteiger partial charge on any atom is -0.343 e. The molecular weight excluding hydrogens is 256 g/mol. The summed E-state index contributed by atoms with van der Waals surface area (Å²) in [4.78, 5) is 7.12. The summed E-state index contributed by atoms with van der Waals surface area (Å²) in [7, 11) is 0. The Morgan fingerprint density at radius 2 is 2.26 bits per heavy atom. The molecule has 0 spiro atoms. The average Bonchev–Trinajstić information content (AvgIpc) is 2.87. The SMILES string of the molecule is CCc1nsc(N2CCCCC2CNCC(C)C)n1. The fraction of sp³-hybridized carbons (Fsp3) is 0.857. The average molecular weight is 282 g/mol. The molecule has 1 saturated heterocycles. The van der Waals surface area contributed by atoms with Gasteiger partial charge in [-0.05, 0) is 31.7 Å². The minimum atomic E-state index is 0.588. The zero-order chi connectivity index (χ0) is 13.7. The van der Waals surface area contributed by atoms with Gasteiger partial charge >= 0.3 is 0 Å². The Morgan fingerprint density at radius 3 is 2.95 bits per heavy atom. The van der Waals surface area contributed by atoms with E-state index in [1.54, 1.807) is 11.5 Å². The Kier molecular flexibility index (Phi) is 5.58. The van der Waals surface area contributed by atoms with Crippen LogP contribution < -0.4 is 10.2 Å². The lowest BCUT2D eigenvalue weighted by Crippen LogP contribution is -2.46. The van der Waals surface area contributed by atoms with Gasteiger partial charge in [0.1, 0.15) is 5.82 Å². The number of nitrogens with zero attached hydrogens (tertiary/aromatic N) is 3. The first kappa shape index (κ1) is 14.7. The maximum Gasteiger partial charge on any atom is 0.205 e. The van der Waals surface area contributed by atoms with Gasteiger partial charge in [-0.1, -0.05) is 20.8 Å². The van der Waals surface area contributed by atoms with Gasteiger partial charge in [-0.15, -0.1) is 0 Å². The fourth-order valence-corrected chi connectivity index (χ4v) is 3.36. The Balaban J connectivity index is 1.95. The largest absolute Gasteiger partial charge is 0.343 e. The molecule has 1 unspecified atom stereocenters. The molecule has 1 N–H and O–H groups in total. The normalized spacial score (nSPS) is 20.2. The highest BCUT2D eigenvalue weighted by Gasteiger charge is 2.24. The number of piperidine rings is 1. The van der Waals surface area contributed by atoms with E-state index in [1.165, 1.54) is 19.3 Å². The van der Waals surface area contributed by atoms with Crippen LogP contribution in [0.25, 0.3) is 0 Å². The van der Waals surface area contributed by atoms with Gasteiger partial charge in [-0.2, -0.15) is 4.37 Å². The smallest absolute Gasteiger partial charge is 0.205 e. The Labute approximate surface area is 120 Å². The molecule has 1 aliphatic heterocycles. The number of anilines is 1. The molecule has 0 saturated carbocycles. The maximum absolute atomic E-state index is 4.65. The van der Waals surface area contributed by atoms with E-state index in [1.807, 2.05) is 0 Å². The van der Waals surface area contributed by atoms with Crippen molar-refractivity contribution < 1.29 is 0 Å². The molecule has 5 heteroatoms. The summed E-state index contributed by atoms with van der Waals surface area (Å²) in [5.74, 6) is 1.70. The van der Waals surface area contributed by atoms with Crippen molar-refractivity contribution in [2.24, 2.45) is 5.92 Å². The van der Waals surface area contributed by atoms with Gasteiger partial charge in [0.15, 0.2) is 0 Å². The Hall–Kier alpha value is -0.680. The van der Waals surface area contributed by atoms with Crippen LogP contribution in [0.5, 0.6) is 0 Å². The second kappa shape index (κ2) is 7.20. The van der Waals surface area contributed by atoms with E-state index in [9.17, 15) is 0 Å². The standard InChI is InChI=1S/C14H26N4S/c1-4-13-16-14(19-17-13)18-8-6-5-7-12(18)10-15-9-11(2)3/h11-12,15H,4-10H2,1-3H3. The molecule has 108 valence electrons. The third-order valence-corrected chi connectivity index (χ3v) is 4.37. The van der Waals surface area contributed by atoms with Crippen molar-refractivity contribution >= 4 is 16.7 Å². The summed E-state index contributed by atoms with van der Waals surface area (Å²) in [6.07, 6.45) is 4.82. The molecule has 0 bridgehead atoms. The quantitative estimate of drug-likeness (QED) is 0.871. The zero-order valence-electron chi connectivity index (χ0n) is 12.4. The topological polar surface area (TPSA) is 41.1 Å². The van der Waals surface area contributed by atoms with Gasteiger partial charge in [0.25, 0.3) is 0 Å². The summed E-state index contributed by atoms with van der Waals surface area (Å²) in [6.45, 7) is 9.92. The van der Waals surface area contributed by atoms with Crippen molar-refractivity contribution in [3.63, 3.8) is 0 Å². The summed E-state index contributed by atoms with van der Waals surface area (Å²) in [6, 6.07) is 0.588. The molecule has 0 radical (unpaired) electrons. The van der Waals surface area contributed by atoms with E-state index in [0.29, 0.717) is 12.0 Å². The van der Waals surface area contributed by atoms with Gasteiger partial charge in [-0.3, -0.25) is 0 Å². The molecule has 1 fully saturated rings. The maximum atomic E-state index is 4.65. The van der Waals surface area contributed by atoms with Crippen molar-refractivity contribution in [2.45, 2.75) is 52.5 Å². The van der Waals surface area contributed by atoms with Crippen LogP contribution in [-0.4, -0.2) is 35.0 Å². The van der Waals surface area contributed by atoms with Crippen molar-refractivity contribution in [1.82, 2.24) is 14.7 Å². The summed E-state index contributed by atoms with van der Waals surface area (Å²) >= 11 is 1.56. The van der Waals surface area contributed by atoms with Crippen molar-refractivity contribution in [2.75, 3.05) is 24.5 Å². The first-order valence-corrected chi connectivity index (χ1v) is 8.28. The fourth-order valence-electron chi connectivity index (χ4n) is 2.51. The molecule has 19 heavy (non-hydrogen) atoms. The zero-order valence-corrected chi connectivity index (χ0v) is 13.2. The second-order valence-corrected chi connectivity index (χ2v) is 6.47. The van der Waals surface area contributed by atoms with Crippen LogP contribution in [0.3, 0.4) is 0 Å². The van der Waals surface area contributed by atoms with Crippen LogP contribution in [-0.2, 0) is 6.42 Å². The number of aromatic nitrogens is 2. The van der Waals surface area contributed by atoms with Crippen LogP contribution in [0.2, 0.25) is 0 Å². The van der Waals surface area contributed by atoms with Gasteiger partial charge in [0.05, 0.1) is 0 Å². The molecule has 1 aromatic heterocycles. The molecule has 1 aliphatic rings. The van der Waals surface area contributed by atoms with E-state index in [4.69, 9.17) is 0 Å². The number of hydrogen-bond acceptors (Lipinski definition) is 5. The lowest BCUT2D eigenvalue weighted by Gasteiger charge is -2.35. The highest BCUT2D eigenvalue weighted by atomic mass is 32.1. The van der Waals surface area contributed by atoms with Crippen LogP contribution in [0.4, 0.5) is 5.13 Å². The molecule has 1 atom stereocenters. The number of nitrogens with one attached hydrogen (secondary N) is 1. The Morgan fingerprint density at radius 1 is 1.42 bits per heavy atom. The molecule has 2 rings (SSSR count). The molecule has 0 aromatic carbocycles. The lowest BCUT2D eigenvalue weighted by atomic mass is 10.0. The molecular formula is C14H26N4S. The Bertz CT molecular complexity index is 377. The van der Waals surface area contributed by atoms with E-state index >= 15 is 0 Å². The monoisotopic (exact) mass is 282 g/mol. The summed E-state index contributed by atoms with van der Waals surface area (Å²) in [5, 5.41) is 4.71. The first-order valence-electron chi connectivity index (χ1n) is 7.50. The molecule has 4 nitrogen and oxygen atoms in total. The first-order chi connectivity index (χ1) is 9.20. The van der Waals surface area contributed by atoms with E-state index in [-0.39, 0.29) is 0 Å².